The highest BCUT2D eigenvalue weighted by atomic mass is 16.5. The minimum Gasteiger partial charge on any atom is -0.489 e. The van der Waals surface area contributed by atoms with Crippen LogP contribution >= 0.6 is 0 Å². The number of ether oxygens (including phenoxy) is 1. The van der Waals surface area contributed by atoms with Crippen LogP contribution in [0.15, 0.2) is 48.5 Å². The Hall–Kier alpha value is -3.00. The van der Waals surface area contributed by atoms with Crippen LogP contribution in [0.1, 0.15) is 43.7 Å². The average molecular weight is 377 g/mol. The van der Waals surface area contributed by atoms with E-state index in [0.717, 1.165) is 17.7 Å². The molecule has 1 saturated carbocycles. The first-order valence-corrected chi connectivity index (χ1v) is 9.89. The average Bonchev–Trinajstić information content (AvgIpc) is 2.73. The highest BCUT2D eigenvalue weighted by Crippen LogP contribution is 2.23. The molecule has 0 radical (unpaired) electrons. The SMILES string of the molecule is CC1CCCCC1NC(=O)CNc1cccc(OCc2cccc(C#N)c2)c1. The fraction of sp³-hybridized carbons (Fsp3) is 0.391. The topological polar surface area (TPSA) is 74.2 Å². The van der Waals surface area contributed by atoms with Gasteiger partial charge in [-0.25, -0.2) is 0 Å². The maximum Gasteiger partial charge on any atom is 0.239 e. The molecule has 2 aromatic carbocycles. The molecule has 2 atom stereocenters. The number of benzene rings is 2. The summed E-state index contributed by atoms with van der Waals surface area (Å²) in [5.41, 5.74) is 2.41. The molecule has 2 N–H and O–H groups in total. The van der Waals surface area contributed by atoms with Crippen molar-refractivity contribution >= 4 is 11.6 Å². The van der Waals surface area contributed by atoms with Gasteiger partial charge in [-0.2, -0.15) is 5.26 Å². The van der Waals surface area contributed by atoms with E-state index in [1.807, 2.05) is 42.5 Å². The van der Waals surface area contributed by atoms with Crippen molar-refractivity contribution in [1.82, 2.24) is 5.32 Å². The molecule has 2 unspecified atom stereocenters. The van der Waals surface area contributed by atoms with E-state index in [1.165, 1.54) is 19.3 Å². The van der Waals surface area contributed by atoms with Gasteiger partial charge < -0.3 is 15.4 Å². The maximum atomic E-state index is 12.3. The maximum absolute atomic E-state index is 12.3. The second kappa shape index (κ2) is 9.80. The Morgan fingerprint density at radius 1 is 1.18 bits per heavy atom. The van der Waals surface area contributed by atoms with Crippen molar-refractivity contribution in [2.75, 3.05) is 11.9 Å². The van der Waals surface area contributed by atoms with E-state index in [-0.39, 0.29) is 12.5 Å². The lowest BCUT2D eigenvalue weighted by molar-refractivity contribution is -0.120. The largest absolute Gasteiger partial charge is 0.489 e. The van der Waals surface area contributed by atoms with Gasteiger partial charge in [0, 0.05) is 17.8 Å². The van der Waals surface area contributed by atoms with Gasteiger partial charge in [-0.05, 0) is 48.6 Å². The number of hydrogen-bond donors (Lipinski definition) is 2. The van der Waals surface area contributed by atoms with Crippen LogP contribution in [-0.4, -0.2) is 18.5 Å². The molecule has 1 fully saturated rings. The van der Waals surface area contributed by atoms with Crippen LogP contribution in [0, 0.1) is 17.2 Å². The van der Waals surface area contributed by atoms with Crippen molar-refractivity contribution in [3.05, 3.63) is 59.7 Å². The summed E-state index contributed by atoms with van der Waals surface area (Å²) in [6.45, 7) is 2.85. The molecule has 0 aliphatic heterocycles. The number of hydrogen-bond acceptors (Lipinski definition) is 4. The third-order valence-corrected chi connectivity index (χ3v) is 5.21. The summed E-state index contributed by atoms with van der Waals surface area (Å²) in [5, 5.41) is 15.3. The number of anilines is 1. The lowest BCUT2D eigenvalue weighted by Gasteiger charge is -2.29. The van der Waals surface area contributed by atoms with Crippen LogP contribution in [0.3, 0.4) is 0 Å². The molecule has 0 saturated heterocycles. The van der Waals surface area contributed by atoms with Gasteiger partial charge in [-0.1, -0.05) is 38.0 Å². The number of nitriles is 1. The molecule has 3 rings (SSSR count). The summed E-state index contributed by atoms with van der Waals surface area (Å²) in [6.07, 6.45) is 4.72. The first-order chi connectivity index (χ1) is 13.6. The third-order valence-electron chi connectivity index (χ3n) is 5.21. The summed E-state index contributed by atoms with van der Waals surface area (Å²) in [4.78, 5) is 12.3. The lowest BCUT2D eigenvalue weighted by Crippen LogP contribution is -2.43. The van der Waals surface area contributed by atoms with E-state index < -0.39 is 0 Å². The molecular formula is C23H27N3O2. The standard InChI is InChI=1S/C23H27N3O2/c1-17-6-2-3-11-22(17)26-23(27)15-25-20-9-5-10-21(13-20)28-16-19-8-4-7-18(12-19)14-24/h4-5,7-10,12-13,17,22,25H,2-3,6,11,15-16H2,1H3,(H,26,27). The van der Waals surface area contributed by atoms with E-state index in [4.69, 9.17) is 10.00 Å². The zero-order valence-corrected chi connectivity index (χ0v) is 16.3. The van der Waals surface area contributed by atoms with Gasteiger partial charge in [0.15, 0.2) is 0 Å². The van der Waals surface area contributed by atoms with E-state index in [1.54, 1.807) is 6.07 Å². The molecule has 0 heterocycles. The van der Waals surface area contributed by atoms with E-state index in [9.17, 15) is 4.79 Å². The molecule has 2 aromatic rings. The summed E-state index contributed by atoms with van der Waals surface area (Å²) in [7, 11) is 0. The Morgan fingerprint density at radius 3 is 2.82 bits per heavy atom. The van der Waals surface area contributed by atoms with Crippen molar-refractivity contribution in [2.45, 2.75) is 45.3 Å². The molecule has 5 nitrogen and oxygen atoms in total. The molecule has 0 bridgehead atoms. The van der Waals surface area contributed by atoms with E-state index >= 15 is 0 Å². The minimum absolute atomic E-state index is 0.0263. The molecule has 5 heteroatoms. The van der Waals surface area contributed by atoms with Gasteiger partial charge in [0.05, 0.1) is 18.2 Å². The second-order valence-electron chi connectivity index (χ2n) is 7.42. The van der Waals surface area contributed by atoms with Crippen molar-refractivity contribution in [2.24, 2.45) is 5.92 Å². The molecule has 0 spiro atoms. The zero-order chi connectivity index (χ0) is 19.8. The van der Waals surface area contributed by atoms with Crippen LogP contribution in [-0.2, 0) is 11.4 Å². The number of rotatable bonds is 7. The molecule has 0 aromatic heterocycles. The van der Waals surface area contributed by atoms with Gasteiger partial charge in [0.2, 0.25) is 5.91 Å². The number of nitrogens with zero attached hydrogens (tertiary/aromatic N) is 1. The van der Waals surface area contributed by atoms with Gasteiger partial charge >= 0.3 is 0 Å². The van der Waals surface area contributed by atoms with Crippen molar-refractivity contribution < 1.29 is 9.53 Å². The first-order valence-electron chi connectivity index (χ1n) is 9.89. The Bertz CT molecular complexity index is 844. The zero-order valence-electron chi connectivity index (χ0n) is 16.3. The second-order valence-corrected chi connectivity index (χ2v) is 7.42. The van der Waals surface area contributed by atoms with Gasteiger partial charge in [0.25, 0.3) is 0 Å². The summed E-state index contributed by atoms with van der Waals surface area (Å²) >= 11 is 0. The summed E-state index contributed by atoms with van der Waals surface area (Å²) in [6, 6.07) is 17.4. The fourth-order valence-electron chi connectivity index (χ4n) is 3.56. The smallest absolute Gasteiger partial charge is 0.239 e. The number of carbonyl (C=O) groups is 1. The molecule has 146 valence electrons. The molecule has 28 heavy (non-hydrogen) atoms. The van der Waals surface area contributed by atoms with E-state index in [2.05, 4.69) is 23.6 Å². The Morgan fingerprint density at radius 2 is 2.00 bits per heavy atom. The number of amides is 1. The van der Waals surface area contributed by atoms with Crippen LogP contribution in [0.5, 0.6) is 5.75 Å². The quantitative estimate of drug-likeness (QED) is 0.757. The van der Waals surface area contributed by atoms with Crippen molar-refractivity contribution in [1.29, 1.82) is 5.26 Å². The molecule has 1 amide bonds. The summed E-state index contributed by atoms with van der Waals surface area (Å²) < 4.78 is 5.82. The Balaban J connectivity index is 1.49. The lowest BCUT2D eigenvalue weighted by atomic mass is 9.86. The predicted octanol–water partition coefficient (Wildman–Crippen LogP) is 4.24. The normalized spacial score (nSPS) is 18.7. The predicted molar refractivity (Wildman–Crippen MR) is 110 cm³/mol. The van der Waals surface area contributed by atoms with Crippen molar-refractivity contribution in [3.8, 4) is 11.8 Å². The Kier molecular flexibility index (Phi) is 6.91. The fourth-order valence-corrected chi connectivity index (χ4v) is 3.56. The van der Waals surface area contributed by atoms with Gasteiger partial charge in [-0.15, -0.1) is 0 Å². The van der Waals surface area contributed by atoms with Crippen LogP contribution in [0.2, 0.25) is 0 Å². The van der Waals surface area contributed by atoms with Gasteiger partial charge in [0.1, 0.15) is 12.4 Å². The third kappa shape index (κ3) is 5.75. The first kappa shape index (κ1) is 19.8. The molecule has 1 aliphatic carbocycles. The monoisotopic (exact) mass is 377 g/mol. The number of nitrogens with one attached hydrogen (secondary N) is 2. The van der Waals surface area contributed by atoms with Crippen LogP contribution < -0.4 is 15.4 Å². The number of carbonyl (C=O) groups excluding carboxylic acids is 1. The van der Waals surface area contributed by atoms with Crippen LogP contribution in [0.4, 0.5) is 5.69 Å². The van der Waals surface area contributed by atoms with E-state index in [0.29, 0.717) is 29.9 Å². The molecular weight excluding hydrogens is 350 g/mol. The Labute approximate surface area is 166 Å². The molecule has 1 aliphatic rings. The van der Waals surface area contributed by atoms with Crippen LogP contribution in [0.25, 0.3) is 0 Å². The summed E-state index contributed by atoms with van der Waals surface area (Å²) in [5.74, 6) is 1.29. The minimum atomic E-state index is 0.0263. The van der Waals surface area contributed by atoms with Crippen molar-refractivity contribution in [3.63, 3.8) is 0 Å². The highest BCUT2D eigenvalue weighted by molar-refractivity contribution is 5.81. The highest BCUT2D eigenvalue weighted by Gasteiger charge is 2.22. The van der Waals surface area contributed by atoms with Gasteiger partial charge in [-0.3, -0.25) is 4.79 Å².